The molecule has 0 aliphatic rings. The van der Waals surface area contributed by atoms with Crippen molar-refractivity contribution >= 4 is 11.3 Å². The number of benzene rings is 1. The summed E-state index contributed by atoms with van der Waals surface area (Å²) in [5.74, 6) is 0.725. The van der Waals surface area contributed by atoms with Crippen LogP contribution in [0.4, 0.5) is 0 Å². The Morgan fingerprint density at radius 1 is 1.39 bits per heavy atom. The van der Waals surface area contributed by atoms with Gasteiger partial charge in [0.15, 0.2) is 11.5 Å². The second-order valence-corrected chi connectivity index (χ2v) is 4.91. The second kappa shape index (κ2) is 5.89. The number of aromatic hydroxyl groups is 1. The van der Waals surface area contributed by atoms with Gasteiger partial charge in [-0.2, -0.15) is 11.3 Å². The average molecular weight is 263 g/mol. The Labute approximate surface area is 111 Å². The standard InChI is InChI=1S/C14H17NO2S/c1-10(12-6-7-18-9-12)15-8-11-4-3-5-13(17-2)14(11)16/h3-7,9-10,15-16H,8H2,1-2H3. The number of ether oxygens (including phenoxy) is 1. The van der Waals surface area contributed by atoms with E-state index in [1.165, 1.54) is 5.56 Å². The summed E-state index contributed by atoms with van der Waals surface area (Å²) in [5, 5.41) is 17.5. The summed E-state index contributed by atoms with van der Waals surface area (Å²) in [6.07, 6.45) is 0. The van der Waals surface area contributed by atoms with E-state index in [-0.39, 0.29) is 11.8 Å². The molecule has 1 heterocycles. The van der Waals surface area contributed by atoms with Gasteiger partial charge in [-0.15, -0.1) is 0 Å². The van der Waals surface area contributed by atoms with Gasteiger partial charge in [-0.3, -0.25) is 0 Å². The van der Waals surface area contributed by atoms with Gasteiger partial charge in [0, 0.05) is 18.2 Å². The van der Waals surface area contributed by atoms with Crippen LogP contribution in [0.3, 0.4) is 0 Å². The number of thiophene rings is 1. The van der Waals surface area contributed by atoms with Crippen LogP contribution in [-0.2, 0) is 6.54 Å². The van der Waals surface area contributed by atoms with Crippen LogP contribution in [0, 0.1) is 0 Å². The largest absolute Gasteiger partial charge is 0.504 e. The molecule has 2 rings (SSSR count). The number of para-hydroxylation sites is 1. The number of methoxy groups -OCH3 is 1. The molecular weight excluding hydrogens is 246 g/mol. The molecule has 0 amide bonds. The molecule has 0 aliphatic carbocycles. The molecule has 0 fully saturated rings. The zero-order valence-electron chi connectivity index (χ0n) is 10.5. The van der Waals surface area contributed by atoms with E-state index in [0.29, 0.717) is 12.3 Å². The van der Waals surface area contributed by atoms with Crippen LogP contribution >= 0.6 is 11.3 Å². The predicted octanol–water partition coefficient (Wildman–Crippen LogP) is 3.31. The minimum absolute atomic E-state index is 0.213. The molecule has 4 heteroatoms. The maximum absolute atomic E-state index is 9.97. The lowest BCUT2D eigenvalue weighted by Gasteiger charge is -2.14. The summed E-state index contributed by atoms with van der Waals surface area (Å²) in [4.78, 5) is 0. The molecule has 0 saturated carbocycles. The minimum Gasteiger partial charge on any atom is -0.504 e. The molecule has 0 saturated heterocycles. The lowest BCUT2D eigenvalue weighted by atomic mass is 10.1. The fraction of sp³-hybridized carbons (Fsp3) is 0.286. The van der Waals surface area contributed by atoms with Crippen molar-refractivity contribution in [2.45, 2.75) is 19.5 Å². The van der Waals surface area contributed by atoms with Crippen molar-refractivity contribution in [3.8, 4) is 11.5 Å². The van der Waals surface area contributed by atoms with E-state index in [9.17, 15) is 5.11 Å². The first-order valence-corrected chi connectivity index (χ1v) is 6.77. The monoisotopic (exact) mass is 263 g/mol. The van der Waals surface area contributed by atoms with Crippen LogP contribution < -0.4 is 10.1 Å². The normalized spacial score (nSPS) is 12.3. The zero-order valence-corrected chi connectivity index (χ0v) is 11.3. The van der Waals surface area contributed by atoms with Gasteiger partial charge >= 0.3 is 0 Å². The van der Waals surface area contributed by atoms with Crippen LogP contribution in [0.5, 0.6) is 11.5 Å². The van der Waals surface area contributed by atoms with Crippen molar-refractivity contribution in [1.29, 1.82) is 0 Å². The highest BCUT2D eigenvalue weighted by molar-refractivity contribution is 7.07. The summed E-state index contributed by atoms with van der Waals surface area (Å²) in [6, 6.07) is 7.90. The highest BCUT2D eigenvalue weighted by atomic mass is 32.1. The van der Waals surface area contributed by atoms with Gasteiger partial charge in [0.1, 0.15) is 0 Å². The fourth-order valence-corrected chi connectivity index (χ4v) is 2.53. The van der Waals surface area contributed by atoms with Crippen molar-refractivity contribution in [3.05, 3.63) is 46.2 Å². The highest BCUT2D eigenvalue weighted by Crippen LogP contribution is 2.29. The first-order valence-electron chi connectivity index (χ1n) is 5.82. The zero-order chi connectivity index (χ0) is 13.0. The molecule has 1 unspecified atom stereocenters. The average Bonchev–Trinajstić information content (AvgIpc) is 2.91. The van der Waals surface area contributed by atoms with E-state index in [4.69, 9.17) is 4.74 Å². The highest BCUT2D eigenvalue weighted by Gasteiger charge is 2.09. The number of phenolic OH excluding ortho intramolecular Hbond substituents is 1. The van der Waals surface area contributed by atoms with Crippen molar-refractivity contribution in [1.82, 2.24) is 5.32 Å². The van der Waals surface area contributed by atoms with Crippen LogP contribution in [0.25, 0.3) is 0 Å². The van der Waals surface area contributed by atoms with Gasteiger partial charge in [0.05, 0.1) is 7.11 Å². The van der Waals surface area contributed by atoms with Crippen LogP contribution in [0.15, 0.2) is 35.0 Å². The van der Waals surface area contributed by atoms with Gasteiger partial charge in [-0.1, -0.05) is 12.1 Å². The van der Waals surface area contributed by atoms with Gasteiger partial charge in [0.2, 0.25) is 0 Å². The molecule has 0 spiro atoms. The van der Waals surface area contributed by atoms with Crippen LogP contribution in [-0.4, -0.2) is 12.2 Å². The molecule has 1 aromatic carbocycles. The molecule has 3 nitrogen and oxygen atoms in total. The Kier molecular flexibility index (Phi) is 4.23. The summed E-state index contributed by atoms with van der Waals surface area (Å²) in [7, 11) is 1.56. The Morgan fingerprint density at radius 3 is 2.89 bits per heavy atom. The SMILES string of the molecule is COc1cccc(CNC(C)c2ccsc2)c1O. The maximum atomic E-state index is 9.97. The molecule has 1 atom stereocenters. The van der Waals surface area contributed by atoms with Crippen molar-refractivity contribution < 1.29 is 9.84 Å². The van der Waals surface area contributed by atoms with Crippen LogP contribution in [0.1, 0.15) is 24.1 Å². The first-order chi connectivity index (χ1) is 8.72. The molecule has 0 radical (unpaired) electrons. The Hall–Kier alpha value is -1.52. The third-order valence-corrected chi connectivity index (χ3v) is 3.65. The van der Waals surface area contributed by atoms with Crippen molar-refractivity contribution in [2.75, 3.05) is 7.11 Å². The molecule has 0 aliphatic heterocycles. The molecule has 2 N–H and O–H groups in total. The number of nitrogens with one attached hydrogen (secondary N) is 1. The Balaban J connectivity index is 2.02. The molecule has 1 aromatic heterocycles. The number of hydrogen-bond donors (Lipinski definition) is 2. The lowest BCUT2D eigenvalue weighted by Crippen LogP contribution is -2.17. The van der Waals surface area contributed by atoms with E-state index in [1.807, 2.05) is 12.1 Å². The predicted molar refractivity (Wildman–Crippen MR) is 74.2 cm³/mol. The summed E-state index contributed by atoms with van der Waals surface area (Å²) in [5.41, 5.74) is 2.11. The second-order valence-electron chi connectivity index (χ2n) is 4.13. The van der Waals surface area contributed by atoms with Crippen molar-refractivity contribution in [3.63, 3.8) is 0 Å². The summed E-state index contributed by atoms with van der Waals surface area (Å²) >= 11 is 1.69. The van der Waals surface area contributed by atoms with Crippen molar-refractivity contribution in [2.24, 2.45) is 0 Å². The van der Waals surface area contributed by atoms with Gasteiger partial charge < -0.3 is 15.2 Å². The minimum atomic E-state index is 0.213. The van der Waals surface area contributed by atoms with E-state index in [2.05, 4.69) is 29.1 Å². The van der Waals surface area contributed by atoms with E-state index in [0.717, 1.165) is 5.56 Å². The molecule has 2 aromatic rings. The third kappa shape index (κ3) is 2.83. The third-order valence-electron chi connectivity index (χ3n) is 2.94. The van der Waals surface area contributed by atoms with Gasteiger partial charge in [-0.25, -0.2) is 0 Å². The summed E-state index contributed by atoms with van der Waals surface area (Å²) < 4.78 is 5.09. The smallest absolute Gasteiger partial charge is 0.162 e. The quantitative estimate of drug-likeness (QED) is 0.869. The number of hydrogen-bond acceptors (Lipinski definition) is 4. The van der Waals surface area contributed by atoms with Crippen LogP contribution in [0.2, 0.25) is 0 Å². The molecule has 0 bridgehead atoms. The van der Waals surface area contributed by atoms with Gasteiger partial charge in [-0.05, 0) is 35.4 Å². The Bertz CT molecular complexity index is 497. The lowest BCUT2D eigenvalue weighted by molar-refractivity contribution is 0.369. The van der Waals surface area contributed by atoms with Gasteiger partial charge in [0.25, 0.3) is 0 Å². The van der Waals surface area contributed by atoms with E-state index in [1.54, 1.807) is 24.5 Å². The van der Waals surface area contributed by atoms with E-state index >= 15 is 0 Å². The number of rotatable bonds is 5. The molecule has 18 heavy (non-hydrogen) atoms. The molecular formula is C14H17NO2S. The first kappa shape index (κ1) is 12.9. The summed E-state index contributed by atoms with van der Waals surface area (Å²) in [6.45, 7) is 2.72. The fourth-order valence-electron chi connectivity index (χ4n) is 1.78. The molecule has 96 valence electrons. The Morgan fingerprint density at radius 2 is 2.22 bits per heavy atom. The topological polar surface area (TPSA) is 41.5 Å². The van der Waals surface area contributed by atoms with E-state index < -0.39 is 0 Å². The number of phenols is 1. The maximum Gasteiger partial charge on any atom is 0.162 e.